The summed E-state index contributed by atoms with van der Waals surface area (Å²) >= 11 is 0. The van der Waals surface area contributed by atoms with Crippen molar-refractivity contribution in [3.05, 3.63) is 30.1 Å². The fourth-order valence-electron chi connectivity index (χ4n) is 3.01. The minimum absolute atomic E-state index is 0.107. The number of nitrogens with zero attached hydrogens (tertiary/aromatic N) is 3. The molecule has 20 heavy (non-hydrogen) atoms. The predicted octanol–water partition coefficient (Wildman–Crippen LogP) is 1.50. The van der Waals surface area contributed by atoms with E-state index in [0.717, 1.165) is 28.8 Å². The van der Waals surface area contributed by atoms with Crippen LogP contribution >= 0.6 is 0 Å². The van der Waals surface area contributed by atoms with Gasteiger partial charge in [-0.3, -0.25) is 4.79 Å². The summed E-state index contributed by atoms with van der Waals surface area (Å²) in [4.78, 5) is 22.4. The van der Waals surface area contributed by atoms with Gasteiger partial charge in [-0.05, 0) is 24.5 Å². The number of carbonyl (C=O) groups is 1. The Labute approximate surface area is 117 Å². The molecule has 2 atom stereocenters. The van der Waals surface area contributed by atoms with Crippen LogP contribution in [0.15, 0.2) is 24.5 Å². The van der Waals surface area contributed by atoms with Gasteiger partial charge in [-0.2, -0.15) is 0 Å². The Kier molecular flexibility index (Phi) is 3.04. The van der Waals surface area contributed by atoms with E-state index in [9.17, 15) is 4.79 Å². The molecule has 0 saturated carbocycles. The molecule has 1 aromatic heterocycles. The van der Waals surface area contributed by atoms with Crippen LogP contribution in [0.3, 0.4) is 0 Å². The summed E-state index contributed by atoms with van der Waals surface area (Å²) in [6, 6.07) is 6.03. The number of anilines is 1. The topological polar surface area (TPSA) is 72.1 Å². The third kappa shape index (κ3) is 1.99. The molecular weight excluding hydrogens is 252 g/mol. The lowest BCUT2D eigenvalue weighted by atomic mass is 9.98. The van der Waals surface area contributed by atoms with Gasteiger partial charge in [0, 0.05) is 18.5 Å². The molecule has 2 N–H and O–H groups in total. The highest BCUT2D eigenvalue weighted by molar-refractivity contribution is 5.92. The maximum atomic E-state index is 11.5. The summed E-state index contributed by atoms with van der Waals surface area (Å²) in [5, 5.41) is 1.06. The number of nitrogens with two attached hydrogens (primary N) is 1. The summed E-state index contributed by atoms with van der Waals surface area (Å²) < 4.78 is 0. The van der Waals surface area contributed by atoms with Crippen molar-refractivity contribution in [2.45, 2.75) is 13.8 Å². The normalized spacial score (nSPS) is 22.4. The molecule has 1 saturated heterocycles. The monoisotopic (exact) mass is 270 g/mol. The molecule has 3 rings (SSSR count). The van der Waals surface area contributed by atoms with Crippen LogP contribution in [0, 0.1) is 18.8 Å². The highest BCUT2D eigenvalue weighted by atomic mass is 16.1. The number of benzene rings is 1. The van der Waals surface area contributed by atoms with Crippen molar-refractivity contribution < 1.29 is 4.79 Å². The van der Waals surface area contributed by atoms with E-state index >= 15 is 0 Å². The fourth-order valence-corrected chi connectivity index (χ4v) is 3.01. The molecule has 1 aliphatic rings. The van der Waals surface area contributed by atoms with Crippen molar-refractivity contribution in [1.82, 2.24) is 9.97 Å². The molecule has 5 heteroatoms. The number of rotatable bonds is 2. The first-order chi connectivity index (χ1) is 9.58. The number of hydrogen-bond acceptors (Lipinski definition) is 4. The average Bonchev–Trinajstić information content (AvgIpc) is 2.80. The number of amides is 1. The average molecular weight is 270 g/mol. The quantitative estimate of drug-likeness (QED) is 0.897. The van der Waals surface area contributed by atoms with Crippen LogP contribution in [0.25, 0.3) is 10.9 Å². The highest BCUT2D eigenvalue weighted by Crippen LogP contribution is 2.32. The molecule has 0 radical (unpaired) electrons. The molecule has 2 heterocycles. The van der Waals surface area contributed by atoms with E-state index in [0.29, 0.717) is 6.54 Å². The Morgan fingerprint density at radius 3 is 2.85 bits per heavy atom. The van der Waals surface area contributed by atoms with Gasteiger partial charge in [0.05, 0.1) is 11.4 Å². The van der Waals surface area contributed by atoms with E-state index in [2.05, 4.69) is 34.8 Å². The molecular formula is C15H18N4O. The largest absolute Gasteiger partial charge is 0.369 e. The second kappa shape index (κ2) is 4.74. The molecule has 0 unspecified atom stereocenters. The molecule has 0 aliphatic carbocycles. The third-order valence-corrected chi connectivity index (χ3v) is 4.13. The first kappa shape index (κ1) is 12.8. The van der Waals surface area contributed by atoms with Gasteiger partial charge in [0.1, 0.15) is 12.1 Å². The van der Waals surface area contributed by atoms with Crippen molar-refractivity contribution in [2.24, 2.45) is 17.6 Å². The van der Waals surface area contributed by atoms with Crippen LogP contribution in [-0.2, 0) is 4.79 Å². The minimum Gasteiger partial charge on any atom is -0.369 e. The van der Waals surface area contributed by atoms with Crippen LogP contribution in [0.2, 0.25) is 0 Å². The van der Waals surface area contributed by atoms with E-state index in [1.807, 2.05) is 12.1 Å². The lowest BCUT2D eigenvalue weighted by Crippen LogP contribution is -2.29. The van der Waals surface area contributed by atoms with E-state index in [4.69, 9.17) is 5.73 Å². The summed E-state index contributed by atoms with van der Waals surface area (Å²) in [6.45, 7) is 5.55. The zero-order valence-corrected chi connectivity index (χ0v) is 11.7. The number of fused-ring (bicyclic) bond motifs is 1. The predicted molar refractivity (Wildman–Crippen MR) is 78.3 cm³/mol. The van der Waals surface area contributed by atoms with E-state index in [-0.39, 0.29) is 17.7 Å². The maximum Gasteiger partial charge on any atom is 0.222 e. The Morgan fingerprint density at radius 2 is 2.15 bits per heavy atom. The van der Waals surface area contributed by atoms with E-state index in [1.165, 1.54) is 0 Å². The zero-order valence-electron chi connectivity index (χ0n) is 11.7. The van der Waals surface area contributed by atoms with Gasteiger partial charge in [-0.15, -0.1) is 0 Å². The standard InChI is InChI=1S/C15H18N4O/c1-9-4-3-5-12-13(9)15(18-8-17-12)19-6-10(2)11(7-19)14(16)20/h3-5,8,10-11H,6-7H2,1-2H3,(H2,16,20)/t10-,11-/m1/s1. The highest BCUT2D eigenvalue weighted by Gasteiger charge is 2.34. The number of aromatic nitrogens is 2. The van der Waals surface area contributed by atoms with Crippen molar-refractivity contribution in [3.63, 3.8) is 0 Å². The number of aryl methyl sites for hydroxylation is 1. The molecule has 104 valence electrons. The fraction of sp³-hybridized carbons (Fsp3) is 0.400. The van der Waals surface area contributed by atoms with E-state index in [1.54, 1.807) is 6.33 Å². The van der Waals surface area contributed by atoms with Crippen molar-refractivity contribution in [1.29, 1.82) is 0 Å². The lowest BCUT2D eigenvalue weighted by molar-refractivity contribution is -0.122. The summed E-state index contributed by atoms with van der Waals surface area (Å²) in [5.74, 6) is 0.823. The number of carbonyl (C=O) groups excluding carboxylic acids is 1. The van der Waals surface area contributed by atoms with Gasteiger partial charge in [0.25, 0.3) is 0 Å². The Balaban J connectivity index is 2.06. The Hall–Kier alpha value is -2.17. The van der Waals surface area contributed by atoms with Crippen LogP contribution in [0.4, 0.5) is 5.82 Å². The van der Waals surface area contributed by atoms with E-state index < -0.39 is 0 Å². The van der Waals surface area contributed by atoms with Gasteiger partial charge in [0.2, 0.25) is 5.91 Å². The molecule has 0 bridgehead atoms. The lowest BCUT2D eigenvalue weighted by Gasteiger charge is -2.19. The Morgan fingerprint density at radius 1 is 1.35 bits per heavy atom. The van der Waals surface area contributed by atoms with Gasteiger partial charge in [-0.25, -0.2) is 9.97 Å². The molecule has 1 amide bonds. The molecule has 5 nitrogen and oxygen atoms in total. The van der Waals surface area contributed by atoms with Crippen LogP contribution in [0.1, 0.15) is 12.5 Å². The van der Waals surface area contributed by atoms with Gasteiger partial charge in [0.15, 0.2) is 0 Å². The molecule has 1 aromatic carbocycles. The van der Waals surface area contributed by atoms with Crippen molar-refractivity contribution in [3.8, 4) is 0 Å². The second-order valence-corrected chi connectivity index (χ2v) is 5.56. The first-order valence-electron chi connectivity index (χ1n) is 6.82. The first-order valence-corrected chi connectivity index (χ1v) is 6.82. The summed E-state index contributed by atoms with van der Waals surface area (Å²) in [5.41, 5.74) is 7.55. The Bertz CT molecular complexity index is 665. The zero-order chi connectivity index (χ0) is 14.3. The summed E-state index contributed by atoms with van der Waals surface area (Å²) in [7, 11) is 0. The van der Waals surface area contributed by atoms with Crippen molar-refractivity contribution in [2.75, 3.05) is 18.0 Å². The van der Waals surface area contributed by atoms with Crippen LogP contribution in [-0.4, -0.2) is 29.0 Å². The van der Waals surface area contributed by atoms with Gasteiger partial charge in [-0.1, -0.05) is 19.1 Å². The molecule has 2 aromatic rings. The van der Waals surface area contributed by atoms with Crippen LogP contribution < -0.4 is 10.6 Å². The SMILES string of the molecule is Cc1cccc2ncnc(N3C[C@@H](C)[C@H](C(N)=O)C3)c12. The number of hydrogen-bond donors (Lipinski definition) is 1. The number of primary amides is 1. The van der Waals surface area contributed by atoms with Crippen molar-refractivity contribution >= 4 is 22.6 Å². The van der Waals surface area contributed by atoms with Gasteiger partial charge >= 0.3 is 0 Å². The molecule has 0 spiro atoms. The van der Waals surface area contributed by atoms with Crippen LogP contribution in [0.5, 0.6) is 0 Å². The summed E-state index contributed by atoms with van der Waals surface area (Å²) in [6.07, 6.45) is 1.58. The molecule has 1 aliphatic heterocycles. The second-order valence-electron chi connectivity index (χ2n) is 5.56. The molecule has 1 fully saturated rings. The van der Waals surface area contributed by atoms with Gasteiger partial charge < -0.3 is 10.6 Å². The maximum absolute atomic E-state index is 11.5. The minimum atomic E-state index is -0.227. The smallest absolute Gasteiger partial charge is 0.222 e. The third-order valence-electron chi connectivity index (χ3n) is 4.13.